The van der Waals surface area contributed by atoms with Crippen LogP contribution in [0.4, 0.5) is 4.79 Å². The zero-order valence-corrected chi connectivity index (χ0v) is 9.62. The van der Waals surface area contributed by atoms with E-state index in [-0.39, 0.29) is 6.03 Å². The molecule has 0 heterocycles. The molecule has 0 saturated heterocycles. The number of urea groups is 1. The van der Waals surface area contributed by atoms with Crippen LogP contribution >= 0.6 is 0 Å². The number of hydrogen-bond donors (Lipinski definition) is 2. The van der Waals surface area contributed by atoms with E-state index in [9.17, 15) is 4.79 Å². The van der Waals surface area contributed by atoms with Crippen LogP contribution in [-0.4, -0.2) is 44.2 Å². The number of carbonyl (C=O) groups excluding carboxylic acids is 1. The Balaban J connectivity index is 2.03. The number of rotatable bonds is 4. The van der Waals surface area contributed by atoms with Gasteiger partial charge >= 0.3 is 6.03 Å². The molecule has 0 aliphatic heterocycles. The van der Waals surface area contributed by atoms with E-state index in [0.29, 0.717) is 12.6 Å². The third-order valence-electron chi connectivity index (χ3n) is 2.47. The number of allylic oxidation sites excluding steroid dienone is 1. The molecule has 0 bridgehead atoms. The summed E-state index contributed by atoms with van der Waals surface area (Å²) >= 11 is 0. The second kappa shape index (κ2) is 6.45. The standard InChI is InChI=1S/C11H21N3O/c1-14(2)11(15)13-9-8-12-10-6-4-3-5-7-10/h4,6,10,12H,3,5,7-9H2,1-2H3,(H,13,15). The summed E-state index contributed by atoms with van der Waals surface area (Å²) < 4.78 is 0. The van der Waals surface area contributed by atoms with Gasteiger partial charge in [0.25, 0.3) is 0 Å². The quantitative estimate of drug-likeness (QED) is 0.537. The second-order valence-corrected chi connectivity index (χ2v) is 4.05. The highest BCUT2D eigenvalue weighted by Crippen LogP contribution is 2.09. The Bertz CT molecular complexity index is 226. The molecule has 0 spiro atoms. The van der Waals surface area contributed by atoms with Gasteiger partial charge in [0, 0.05) is 33.2 Å². The van der Waals surface area contributed by atoms with E-state index >= 15 is 0 Å². The minimum absolute atomic E-state index is 0.0315. The summed E-state index contributed by atoms with van der Waals surface area (Å²) in [6.07, 6.45) is 8.11. The van der Waals surface area contributed by atoms with Gasteiger partial charge < -0.3 is 15.5 Å². The van der Waals surface area contributed by atoms with Crippen LogP contribution in [0.25, 0.3) is 0 Å². The fourth-order valence-corrected chi connectivity index (χ4v) is 1.57. The van der Waals surface area contributed by atoms with E-state index < -0.39 is 0 Å². The molecule has 1 rings (SSSR count). The fourth-order valence-electron chi connectivity index (χ4n) is 1.57. The van der Waals surface area contributed by atoms with Crippen molar-refractivity contribution in [2.75, 3.05) is 27.2 Å². The summed E-state index contributed by atoms with van der Waals surface area (Å²) in [4.78, 5) is 12.7. The molecule has 2 N–H and O–H groups in total. The predicted molar refractivity (Wildman–Crippen MR) is 61.9 cm³/mol. The van der Waals surface area contributed by atoms with Crippen LogP contribution in [0.2, 0.25) is 0 Å². The predicted octanol–water partition coefficient (Wildman–Crippen LogP) is 0.956. The maximum Gasteiger partial charge on any atom is 0.316 e. The number of amides is 2. The van der Waals surface area contributed by atoms with E-state index in [2.05, 4.69) is 22.8 Å². The molecule has 0 aromatic heterocycles. The van der Waals surface area contributed by atoms with Gasteiger partial charge in [-0.2, -0.15) is 0 Å². The Kier molecular flexibility index (Phi) is 5.18. The lowest BCUT2D eigenvalue weighted by Crippen LogP contribution is -2.40. The van der Waals surface area contributed by atoms with Gasteiger partial charge in [0.1, 0.15) is 0 Å². The maximum atomic E-state index is 11.2. The third-order valence-corrected chi connectivity index (χ3v) is 2.47. The summed E-state index contributed by atoms with van der Waals surface area (Å²) in [5.41, 5.74) is 0. The van der Waals surface area contributed by atoms with Gasteiger partial charge in [-0.25, -0.2) is 4.79 Å². The molecule has 0 saturated carbocycles. The van der Waals surface area contributed by atoms with E-state index in [1.54, 1.807) is 19.0 Å². The van der Waals surface area contributed by atoms with Crippen LogP contribution in [0.3, 0.4) is 0 Å². The van der Waals surface area contributed by atoms with Gasteiger partial charge in [0.15, 0.2) is 0 Å². The van der Waals surface area contributed by atoms with Crippen LogP contribution < -0.4 is 10.6 Å². The first kappa shape index (κ1) is 12.0. The van der Waals surface area contributed by atoms with Gasteiger partial charge in [0.2, 0.25) is 0 Å². The third kappa shape index (κ3) is 4.83. The molecule has 0 radical (unpaired) electrons. The zero-order valence-electron chi connectivity index (χ0n) is 9.62. The van der Waals surface area contributed by atoms with Crippen molar-refractivity contribution in [1.29, 1.82) is 0 Å². The van der Waals surface area contributed by atoms with Gasteiger partial charge in [-0.05, 0) is 19.3 Å². The van der Waals surface area contributed by atoms with Crippen LogP contribution in [0.15, 0.2) is 12.2 Å². The molecule has 4 nitrogen and oxygen atoms in total. The molecule has 1 atom stereocenters. The van der Waals surface area contributed by atoms with Gasteiger partial charge in [0.05, 0.1) is 0 Å². The van der Waals surface area contributed by atoms with Crippen molar-refractivity contribution in [3.63, 3.8) is 0 Å². The van der Waals surface area contributed by atoms with Gasteiger partial charge in [-0.1, -0.05) is 12.2 Å². The van der Waals surface area contributed by atoms with Crippen molar-refractivity contribution in [3.05, 3.63) is 12.2 Å². The van der Waals surface area contributed by atoms with Gasteiger partial charge in [-0.3, -0.25) is 0 Å². The molecule has 0 aromatic carbocycles. The molecule has 86 valence electrons. The molecule has 1 unspecified atom stereocenters. The smallest absolute Gasteiger partial charge is 0.316 e. The molecule has 0 fully saturated rings. The van der Waals surface area contributed by atoms with Crippen LogP contribution in [0.1, 0.15) is 19.3 Å². The number of nitrogens with one attached hydrogen (secondary N) is 2. The molecule has 1 aliphatic rings. The first-order valence-electron chi connectivity index (χ1n) is 5.55. The lowest BCUT2D eigenvalue weighted by molar-refractivity contribution is 0.217. The average molecular weight is 211 g/mol. The van der Waals surface area contributed by atoms with E-state index in [4.69, 9.17) is 0 Å². The SMILES string of the molecule is CN(C)C(=O)NCCNC1C=CCCC1. The van der Waals surface area contributed by atoms with Crippen molar-refractivity contribution in [3.8, 4) is 0 Å². The highest BCUT2D eigenvalue weighted by molar-refractivity contribution is 5.73. The van der Waals surface area contributed by atoms with Crippen molar-refractivity contribution in [2.24, 2.45) is 0 Å². The lowest BCUT2D eigenvalue weighted by atomic mass is 10.0. The molecular formula is C11H21N3O. The Morgan fingerprint density at radius 2 is 2.27 bits per heavy atom. The Morgan fingerprint density at radius 1 is 1.47 bits per heavy atom. The zero-order chi connectivity index (χ0) is 11.1. The van der Waals surface area contributed by atoms with E-state index in [0.717, 1.165) is 6.54 Å². The number of hydrogen-bond acceptors (Lipinski definition) is 2. The number of carbonyl (C=O) groups is 1. The summed E-state index contributed by atoms with van der Waals surface area (Å²) in [6.45, 7) is 1.51. The van der Waals surface area contributed by atoms with E-state index in [1.807, 2.05) is 0 Å². The largest absolute Gasteiger partial charge is 0.337 e. The minimum atomic E-state index is -0.0315. The van der Waals surface area contributed by atoms with Crippen LogP contribution in [-0.2, 0) is 0 Å². The fraction of sp³-hybridized carbons (Fsp3) is 0.727. The first-order valence-corrected chi connectivity index (χ1v) is 5.55. The Morgan fingerprint density at radius 3 is 2.87 bits per heavy atom. The highest BCUT2D eigenvalue weighted by Gasteiger charge is 2.07. The van der Waals surface area contributed by atoms with Crippen LogP contribution in [0, 0.1) is 0 Å². The van der Waals surface area contributed by atoms with Crippen molar-refractivity contribution in [1.82, 2.24) is 15.5 Å². The highest BCUT2D eigenvalue weighted by atomic mass is 16.2. The Labute approximate surface area is 91.7 Å². The molecule has 2 amide bonds. The molecular weight excluding hydrogens is 190 g/mol. The van der Waals surface area contributed by atoms with Crippen molar-refractivity contribution in [2.45, 2.75) is 25.3 Å². The maximum absolute atomic E-state index is 11.2. The van der Waals surface area contributed by atoms with Crippen molar-refractivity contribution < 1.29 is 4.79 Å². The molecule has 0 aromatic rings. The summed E-state index contributed by atoms with van der Waals surface area (Å²) in [6, 6.07) is 0.464. The number of nitrogens with zero attached hydrogens (tertiary/aromatic N) is 1. The van der Waals surface area contributed by atoms with Crippen LogP contribution in [0.5, 0.6) is 0 Å². The molecule has 4 heteroatoms. The second-order valence-electron chi connectivity index (χ2n) is 4.05. The summed E-state index contributed by atoms with van der Waals surface area (Å²) in [5.74, 6) is 0. The van der Waals surface area contributed by atoms with Gasteiger partial charge in [-0.15, -0.1) is 0 Å². The Hall–Kier alpha value is -1.03. The normalized spacial score (nSPS) is 20.0. The average Bonchev–Trinajstić information content (AvgIpc) is 2.25. The monoisotopic (exact) mass is 211 g/mol. The summed E-state index contributed by atoms with van der Waals surface area (Å²) in [7, 11) is 3.49. The first-order chi connectivity index (χ1) is 7.20. The topological polar surface area (TPSA) is 44.4 Å². The van der Waals surface area contributed by atoms with E-state index in [1.165, 1.54) is 19.3 Å². The van der Waals surface area contributed by atoms with Crippen molar-refractivity contribution >= 4 is 6.03 Å². The molecule has 15 heavy (non-hydrogen) atoms. The minimum Gasteiger partial charge on any atom is -0.337 e. The molecule has 1 aliphatic carbocycles. The lowest BCUT2D eigenvalue weighted by Gasteiger charge is -2.18. The summed E-state index contributed by atoms with van der Waals surface area (Å²) in [5, 5.41) is 6.22.